The molecule has 2 rings (SSSR count). The second-order valence-electron chi connectivity index (χ2n) is 6.32. The molecular weight excluding hydrogens is 254 g/mol. The highest BCUT2D eigenvalue weighted by molar-refractivity contribution is 5.82. The van der Waals surface area contributed by atoms with Gasteiger partial charge in [0, 0.05) is 19.1 Å². The Labute approximate surface area is 122 Å². The van der Waals surface area contributed by atoms with Crippen LogP contribution < -0.4 is 10.6 Å². The van der Waals surface area contributed by atoms with Gasteiger partial charge in [-0.25, -0.2) is 0 Å². The summed E-state index contributed by atoms with van der Waals surface area (Å²) in [6, 6.07) is 0.198. The fourth-order valence-electron chi connectivity index (χ4n) is 2.98. The fraction of sp³-hybridized carbons (Fsp3) is 0.933. The molecule has 5 heteroatoms. The normalized spacial score (nSPS) is 30.9. The molecule has 2 fully saturated rings. The van der Waals surface area contributed by atoms with Crippen LogP contribution in [0.5, 0.6) is 0 Å². The number of nitrogens with one attached hydrogen (secondary N) is 2. The summed E-state index contributed by atoms with van der Waals surface area (Å²) in [6.07, 6.45) is 2.50. The molecule has 2 aliphatic heterocycles. The Balaban J connectivity index is 1.72. The van der Waals surface area contributed by atoms with Crippen LogP contribution in [0, 0.1) is 5.92 Å². The predicted octanol–water partition coefficient (Wildman–Crippen LogP) is 0.600. The van der Waals surface area contributed by atoms with Crippen molar-refractivity contribution >= 4 is 5.91 Å². The van der Waals surface area contributed by atoms with Crippen molar-refractivity contribution in [1.82, 2.24) is 15.5 Å². The summed E-state index contributed by atoms with van der Waals surface area (Å²) in [5.41, 5.74) is 0. The number of likely N-dealkylation sites (tertiary alicyclic amines) is 1. The standard InChI is InChI=1S/C15H29N3O2/c1-11-4-7-18(8-5-11)12(2)10-17-15(19)14-13(3)20-9-6-16-14/h11-14,16H,4-10H2,1-3H3,(H,17,19)/t12?,13-,14+/m1/s1. The number of carbonyl (C=O) groups excluding carboxylic acids is 1. The number of rotatable bonds is 4. The number of carbonyl (C=O) groups is 1. The average Bonchev–Trinajstić information content (AvgIpc) is 2.45. The van der Waals surface area contributed by atoms with Crippen LogP contribution >= 0.6 is 0 Å². The van der Waals surface area contributed by atoms with Gasteiger partial charge >= 0.3 is 0 Å². The third-order valence-electron chi connectivity index (χ3n) is 4.61. The van der Waals surface area contributed by atoms with E-state index in [4.69, 9.17) is 4.74 Å². The Hall–Kier alpha value is -0.650. The van der Waals surface area contributed by atoms with Crippen molar-refractivity contribution in [1.29, 1.82) is 0 Å². The maximum atomic E-state index is 12.2. The number of ether oxygens (including phenoxy) is 1. The molecule has 2 N–H and O–H groups in total. The van der Waals surface area contributed by atoms with Crippen LogP contribution in [-0.4, -0.2) is 61.8 Å². The molecule has 116 valence electrons. The van der Waals surface area contributed by atoms with Gasteiger partial charge in [-0.1, -0.05) is 6.92 Å². The van der Waals surface area contributed by atoms with Crippen LogP contribution in [0.3, 0.4) is 0 Å². The van der Waals surface area contributed by atoms with E-state index < -0.39 is 0 Å². The molecule has 2 heterocycles. The van der Waals surface area contributed by atoms with E-state index >= 15 is 0 Å². The highest BCUT2D eigenvalue weighted by Gasteiger charge is 2.28. The first-order valence-electron chi connectivity index (χ1n) is 7.94. The van der Waals surface area contributed by atoms with E-state index in [9.17, 15) is 4.79 Å². The molecule has 0 aromatic heterocycles. The lowest BCUT2D eigenvalue weighted by atomic mass is 9.98. The highest BCUT2D eigenvalue weighted by atomic mass is 16.5. The van der Waals surface area contributed by atoms with Crippen molar-refractivity contribution in [3.8, 4) is 0 Å². The van der Waals surface area contributed by atoms with E-state index in [0.29, 0.717) is 12.6 Å². The maximum absolute atomic E-state index is 12.2. The summed E-state index contributed by atoms with van der Waals surface area (Å²) in [5.74, 6) is 0.909. The molecular formula is C15H29N3O2. The molecule has 0 radical (unpaired) electrons. The van der Waals surface area contributed by atoms with Gasteiger partial charge in [0.05, 0.1) is 12.7 Å². The van der Waals surface area contributed by atoms with Crippen molar-refractivity contribution < 1.29 is 9.53 Å². The SMILES string of the molecule is CC1CCN(C(C)CNC(=O)[C@H]2NCCO[C@@H]2C)CC1. The highest BCUT2D eigenvalue weighted by Crippen LogP contribution is 2.17. The second kappa shape index (κ2) is 7.38. The summed E-state index contributed by atoms with van der Waals surface area (Å²) < 4.78 is 5.51. The predicted molar refractivity (Wildman–Crippen MR) is 79.6 cm³/mol. The zero-order valence-electron chi connectivity index (χ0n) is 13.0. The minimum atomic E-state index is -0.211. The molecule has 3 atom stereocenters. The van der Waals surface area contributed by atoms with Gasteiger partial charge < -0.3 is 15.4 Å². The van der Waals surface area contributed by atoms with Crippen molar-refractivity contribution in [3.05, 3.63) is 0 Å². The number of morpholine rings is 1. The van der Waals surface area contributed by atoms with Gasteiger partial charge in [-0.3, -0.25) is 9.69 Å². The second-order valence-corrected chi connectivity index (χ2v) is 6.32. The monoisotopic (exact) mass is 283 g/mol. The molecule has 0 bridgehead atoms. The minimum absolute atomic E-state index is 0.0464. The summed E-state index contributed by atoms with van der Waals surface area (Å²) in [5, 5.41) is 6.30. The molecule has 0 spiro atoms. The molecule has 0 aromatic rings. The van der Waals surface area contributed by atoms with Gasteiger partial charge in [0.2, 0.25) is 5.91 Å². The first-order valence-corrected chi connectivity index (χ1v) is 7.94. The van der Waals surface area contributed by atoms with Gasteiger partial charge in [0.15, 0.2) is 0 Å². The Morgan fingerprint density at radius 1 is 1.40 bits per heavy atom. The van der Waals surface area contributed by atoms with Crippen molar-refractivity contribution in [3.63, 3.8) is 0 Å². The topological polar surface area (TPSA) is 53.6 Å². The van der Waals surface area contributed by atoms with E-state index in [1.54, 1.807) is 0 Å². The summed E-state index contributed by atoms with van der Waals surface area (Å²) >= 11 is 0. The van der Waals surface area contributed by atoms with Gasteiger partial charge in [-0.15, -0.1) is 0 Å². The molecule has 20 heavy (non-hydrogen) atoms. The zero-order chi connectivity index (χ0) is 14.5. The fourth-order valence-corrected chi connectivity index (χ4v) is 2.98. The zero-order valence-corrected chi connectivity index (χ0v) is 13.0. The van der Waals surface area contributed by atoms with Gasteiger partial charge in [0.1, 0.15) is 6.04 Å². The number of nitrogens with zero attached hydrogens (tertiary/aromatic N) is 1. The first-order chi connectivity index (χ1) is 9.58. The van der Waals surface area contributed by atoms with Crippen LogP contribution in [0.25, 0.3) is 0 Å². The maximum Gasteiger partial charge on any atom is 0.239 e. The molecule has 5 nitrogen and oxygen atoms in total. The Kier molecular flexibility index (Phi) is 5.81. The first kappa shape index (κ1) is 15.7. The van der Waals surface area contributed by atoms with Crippen LogP contribution in [0.15, 0.2) is 0 Å². The summed E-state index contributed by atoms with van der Waals surface area (Å²) in [6.45, 7) is 10.9. The van der Waals surface area contributed by atoms with Gasteiger partial charge in [0.25, 0.3) is 0 Å². The molecule has 1 amide bonds. The number of amides is 1. The van der Waals surface area contributed by atoms with Crippen molar-refractivity contribution in [2.24, 2.45) is 5.92 Å². The number of hydrogen-bond donors (Lipinski definition) is 2. The molecule has 2 aliphatic rings. The van der Waals surface area contributed by atoms with E-state index in [1.807, 2.05) is 6.92 Å². The Morgan fingerprint density at radius 3 is 2.75 bits per heavy atom. The van der Waals surface area contributed by atoms with Crippen LogP contribution in [0.4, 0.5) is 0 Å². The average molecular weight is 283 g/mol. The molecule has 1 unspecified atom stereocenters. The summed E-state index contributed by atoms with van der Waals surface area (Å²) in [4.78, 5) is 14.7. The third-order valence-corrected chi connectivity index (χ3v) is 4.61. The van der Waals surface area contributed by atoms with E-state index in [2.05, 4.69) is 29.4 Å². The van der Waals surface area contributed by atoms with E-state index in [-0.39, 0.29) is 18.1 Å². The third kappa shape index (κ3) is 4.17. The lowest BCUT2D eigenvalue weighted by molar-refractivity contribution is -0.129. The molecule has 2 saturated heterocycles. The number of piperidine rings is 1. The molecule has 0 saturated carbocycles. The quantitative estimate of drug-likeness (QED) is 0.793. The Bertz CT molecular complexity index is 316. The molecule has 0 aliphatic carbocycles. The van der Waals surface area contributed by atoms with E-state index in [1.165, 1.54) is 12.8 Å². The van der Waals surface area contributed by atoms with Crippen LogP contribution in [0.2, 0.25) is 0 Å². The van der Waals surface area contributed by atoms with Gasteiger partial charge in [-0.05, 0) is 45.7 Å². The van der Waals surface area contributed by atoms with Crippen LogP contribution in [-0.2, 0) is 9.53 Å². The number of hydrogen-bond acceptors (Lipinski definition) is 4. The largest absolute Gasteiger partial charge is 0.375 e. The minimum Gasteiger partial charge on any atom is -0.375 e. The summed E-state index contributed by atoms with van der Waals surface area (Å²) in [7, 11) is 0. The van der Waals surface area contributed by atoms with Gasteiger partial charge in [-0.2, -0.15) is 0 Å². The van der Waals surface area contributed by atoms with Crippen molar-refractivity contribution in [2.45, 2.75) is 51.8 Å². The van der Waals surface area contributed by atoms with Crippen molar-refractivity contribution in [2.75, 3.05) is 32.8 Å². The van der Waals surface area contributed by atoms with Crippen LogP contribution in [0.1, 0.15) is 33.6 Å². The Morgan fingerprint density at radius 2 is 2.10 bits per heavy atom. The smallest absolute Gasteiger partial charge is 0.239 e. The molecule has 0 aromatic carbocycles. The van der Waals surface area contributed by atoms with E-state index in [0.717, 1.165) is 32.1 Å². The lowest BCUT2D eigenvalue weighted by Crippen LogP contribution is -2.57. The lowest BCUT2D eigenvalue weighted by Gasteiger charge is -2.35.